The van der Waals surface area contributed by atoms with Gasteiger partial charge in [-0.25, -0.2) is 27.7 Å². The predicted octanol–water partition coefficient (Wildman–Crippen LogP) is 3.00. The van der Waals surface area contributed by atoms with Gasteiger partial charge in [0.15, 0.2) is 10.1 Å². The summed E-state index contributed by atoms with van der Waals surface area (Å²) in [5, 5.41) is 35.6. The Balaban J connectivity index is 1.62. The van der Waals surface area contributed by atoms with Crippen molar-refractivity contribution in [3.05, 3.63) is 59.2 Å². The molecule has 0 spiro atoms. The van der Waals surface area contributed by atoms with Crippen LogP contribution in [0.3, 0.4) is 0 Å². The zero-order valence-electron chi connectivity index (χ0n) is 24.8. The van der Waals surface area contributed by atoms with Crippen LogP contribution in [0.2, 0.25) is 0 Å². The number of amides is 2. The Morgan fingerprint density at radius 1 is 0.814 bits per heavy atom. The van der Waals surface area contributed by atoms with E-state index in [0.29, 0.717) is 64.7 Å². The van der Waals surface area contributed by atoms with Gasteiger partial charge in [-0.1, -0.05) is 12.1 Å². The van der Waals surface area contributed by atoms with Crippen LogP contribution in [0.1, 0.15) is 65.2 Å². The Morgan fingerprint density at radius 3 is 1.79 bits per heavy atom. The number of aromatic nitrogens is 2. The van der Waals surface area contributed by atoms with Crippen molar-refractivity contribution in [1.29, 1.82) is 0 Å². The van der Waals surface area contributed by atoms with Gasteiger partial charge in [-0.15, -0.1) is 0 Å². The van der Waals surface area contributed by atoms with E-state index in [1.54, 1.807) is 38.1 Å². The first-order valence-corrected chi connectivity index (χ1v) is 17.1. The number of quaternary nitrogens is 2. The monoisotopic (exact) mass is 634 g/mol. The quantitative estimate of drug-likeness (QED) is 0.293. The summed E-state index contributed by atoms with van der Waals surface area (Å²) in [4.78, 5) is 36.3. The van der Waals surface area contributed by atoms with Gasteiger partial charge in [-0.05, 0) is 70.5 Å². The van der Waals surface area contributed by atoms with Crippen molar-refractivity contribution in [2.45, 2.75) is 87.3 Å². The van der Waals surface area contributed by atoms with Crippen LogP contribution in [0.4, 0.5) is 0 Å². The first-order valence-electron chi connectivity index (χ1n) is 14.9. The molecule has 12 nitrogen and oxygen atoms in total. The molecule has 2 aliphatic rings. The second-order valence-corrected chi connectivity index (χ2v) is 14.7. The number of hydrogen-bond donors (Lipinski definition) is 2. The lowest BCUT2D eigenvalue weighted by molar-refractivity contribution is -0.705. The summed E-state index contributed by atoms with van der Waals surface area (Å²) < 4.78 is 24.4. The SMILES string of the molecule is CC(C)(CCC(=O)[N+]([O-])(C1CCCNCC1)S(=O)c1ccccn1)C(=O)[N+]([O-])(C1CCCNCC1)S(=O)c1ccccn1. The minimum absolute atomic E-state index is 0.0119. The molecular formula is C29H42N6O6S2. The molecule has 236 valence electrons. The van der Waals surface area contributed by atoms with E-state index in [9.17, 15) is 28.4 Å². The molecule has 2 fully saturated rings. The number of carbonyl (C=O) groups is 2. The summed E-state index contributed by atoms with van der Waals surface area (Å²) in [5.41, 5.74) is -1.43. The van der Waals surface area contributed by atoms with E-state index in [0.717, 1.165) is 0 Å². The maximum Gasteiger partial charge on any atom is 0.333 e. The van der Waals surface area contributed by atoms with E-state index in [1.807, 2.05) is 0 Å². The molecule has 2 amide bonds. The van der Waals surface area contributed by atoms with Gasteiger partial charge in [-0.3, -0.25) is 0 Å². The van der Waals surface area contributed by atoms with Gasteiger partial charge < -0.3 is 21.0 Å². The molecule has 0 saturated carbocycles. The topological polar surface area (TPSA) is 164 Å². The van der Waals surface area contributed by atoms with Gasteiger partial charge in [0, 0.05) is 51.2 Å². The third kappa shape index (κ3) is 7.34. The Hall–Kier alpha value is -2.30. The Labute approximate surface area is 258 Å². The van der Waals surface area contributed by atoms with Gasteiger partial charge >= 0.3 is 11.8 Å². The Morgan fingerprint density at radius 2 is 1.30 bits per heavy atom. The molecule has 0 radical (unpaired) electrons. The van der Waals surface area contributed by atoms with Crippen molar-refractivity contribution in [2.24, 2.45) is 5.41 Å². The van der Waals surface area contributed by atoms with Gasteiger partial charge in [0.25, 0.3) is 22.0 Å². The highest BCUT2D eigenvalue weighted by atomic mass is 32.2. The van der Waals surface area contributed by atoms with Gasteiger partial charge in [0.1, 0.15) is 12.1 Å². The molecule has 0 bridgehead atoms. The maximum atomic E-state index is 14.7. The summed E-state index contributed by atoms with van der Waals surface area (Å²) in [7, 11) is -4.70. The molecule has 2 aromatic rings. The third-order valence-electron chi connectivity index (χ3n) is 8.35. The lowest BCUT2D eigenvalue weighted by Crippen LogP contribution is -2.60. The lowest BCUT2D eigenvalue weighted by atomic mass is 9.85. The third-order valence-corrected chi connectivity index (χ3v) is 11.5. The molecule has 4 rings (SSSR count). The molecule has 6 unspecified atom stereocenters. The van der Waals surface area contributed by atoms with Crippen LogP contribution in [0, 0.1) is 15.8 Å². The van der Waals surface area contributed by atoms with Crippen molar-refractivity contribution < 1.29 is 26.1 Å². The lowest BCUT2D eigenvalue weighted by Gasteiger charge is -2.46. The molecule has 2 aliphatic heterocycles. The van der Waals surface area contributed by atoms with E-state index in [1.165, 1.54) is 24.5 Å². The van der Waals surface area contributed by atoms with E-state index < -0.39 is 59.4 Å². The van der Waals surface area contributed by atoms with Crippen LogP contribution in [0.15, 0.2) is 58.8 Å². The molecule has 0 aliphatic carbocycles. The van der Waals surface area contributed by atoms with Gasteiger partial charge in [0.05, 0.1) is 11.8 Å². The van der Waals surface area contributed by atoms with Crippen molar-refractivity contribution >= 4 is 33.8 Å². The van der Waals surface area contributed by atoms with Gasteiger partial charge in [0.2, 0.25) is 0 Å². The normalized spacial score (nSPS) is 24.4. The molecule has 0 aromatic carbocycles. The summed E-state index contributed by atoms with van der Waals surface area (Å²) >= 11 is 0. The molecule has 2 N–H and O–H groups in total. The Kier molecular flexibility index (Phi) is 11.4. The van der Waals surface area contributed by atoms with Crippen LogP contribution >= 0.6 is 0 Å². The first kappa shape index (κ1) is 33.6. The fourth-order valence-corrected chi connectivity index (χ4v) is 8.66. The molecule has 2 aromatic heterocycles. The highest BCUT2D eigenvalue weighted by molar-refractivity contribution is 7.80. The van der Waals surface area contributed by atoms with E-state index in [-0.39, 0.29) is 22.9 Å². The highest BCUT2D eigenvalue weighted by Crippen LogP contribution is 2.38. The fraction of sp³-hybridized carbons (Fsp3) is 0.586. The van der Waals surface area contributed by atoms with Gasteiger partial charge in [-0.2, -0.15) is 8.42 Å². The molecule has 4 heterocycles. The molecule has 6 atom stereocenters. The average molecular weight is 635 g/mol. The van der Waals surface area contributed by atoms with Crippen LogP contribution in [-0.4, -0.2) is 76.6 Å². The number of nitrogens with zero attached hydrogens (tertiary/aromatic N) is 4. The smallest absolute Gasteiger partial charge is 0.333 e. The van der Waals surface area contributed by atoms with Crippen molar-refractivity contribution in [3.63, 3.8) is 0 Å². The Bertz CT molecular complexity index is 1290. The van der Waals surface area contributed by atoms with E-state index in [2.05, 4.69) is 20.6 Å². The zero-order valence-corrected chi connectivity index (χ0v) is 26.4. The predicted molar refractivity (Wildman–Crippen MR) is 163 cm³/mol. The minimum atomic E-state index is -2.36. The highest BCUT2D eigenvalue weighted by Gasteiger charge is 2.52. The van der Waals surface area contributed by atoms with Crippen LogP contribution in [0.5, 0.6) is 0 Å². The van der Waals surface area contributed by atoms with Crippen molar-refractivity contribution in [2.75, 3.05) is 26.2 Å². The summed E-state index contributed by atoms with van der Waals surface area (Å²) in [6, 6.07) is 7.91. The fourth-order valence-electron chi connectivity index (χ4n) is 5.77. The number of nitrogens with one attached hydrogen (secondary N) is 2. The van der Waals surface area contributed by atoms with Crippen LogP contribution in [-0.2, 0) is 31.6 Å². The molecule has 43 heavy (non-hydrogen) atoms. The molecular weight excluding hydrogens is 592 g/mol. The van der Waals surface area contributed by atoms with Crippen LogP contribution in [0.25, 0.3) is 0 Å². The largest absolute Gasteiger partial charge is 0.610 e. The second kappa shape index (κ2) is 14.7. The van der Waals surface area contributed by atoms with Crippen LogP contribution < -0.4 is 10.6 Å². The summed E-state index contributed by atoms with van der Waals surface area (Å²) in [6.07, 6.45) is 5.12. The number of carbonyl (C=O) groups excluding carboxylic acids is 2. The zero-order chi connectivity index (χ0) is 31.1. The molecule has 2 saturated heterocycles. The van der Waals surface area contributed by atoms with E-state index >= 15 is 0 Å². The summed E-state index contributed by atoms with van der Waals surface area (Å²) in [5.74, 6) is -1.66. The average Bonchev–Trinajstić information content (AvgIpc) is 3.49. The van der Waals surface area contributed by atoms with Crippen molar-refractivity contribution in [1.82, 2.24) is 20.6 Å². The number of rotatable bonds is 10. The standard InChI is InChI=1S/C29H42N6O6S2/c1-29(2,28(37)35(39,24-10-8-18-31-22-15-24)43(41)26-12-4-6-20-33-26)16-13-27(36)34(38,23-9-7-17-30-21-14-23)42(40)25-11-3-5-19-32-25/h3-6,11-12,19-20,23-24,30-31H,7-10,13-18,21-22H2,1-2H3. The minimum Gasteiger partial charge on any atom is -0.610 e. The second-order valence-electron chi connectivity index (χ2n) is 11.8. The maximum absolute atomic E-state index is 14.7. The van der Waals surface area contributed by atoms with E-state index in [4.69, 9.17) is 0 Å². The van der Waals surface area contributed by atoms with Crippen molar-refractivity contribution in [3.8, 4) is 0 Å². The number of pyridine rings is 2. The number of hydroxylamine groups is 4. The number of hydrogen-bond acceptors (Lipinski definition) is 10. The first-order chi connectivity index (χ1) is 20.5. The molecule has 14 heteroatoms. The summed E-state index contributed by atoms with van der Waals surface area (Å²) in [6.45, 7) is 5.48.